The van der Waals surface area contributed by atoms with Gasteiger partial charge in [0.05, 0.1) is 11.3 Å². The quantitative estimate of drug-likeness (QED) is 0.595. The fourth-order valence-corrected chi connectivity index (χ4v) is 5.87. The van der Waals surface area contributed by atoms with Gasteiger partial charge in [-0.05, 0) is 37.2 Å². The van der Waals surface area contributed by atoms with Crippen LogP contribution in [-0.4, -0.2) is 26.4 Å². The molecule has 0 saturated heterocycles. The number of nitrogens with one attached hydrogen (secondary N) is 1. The molecule has 0 spiro atoms. The van der Waals surface area contributed by atoms with Gasteiger partial charge in [0.15, 0.2) is 5.16 Å². The summed E-state index contributed by atoms with van der Waals surface area (Å²) in [7, 11) is 0. The third-order valence-electron chi connectivity index (χ3n) is 5.35. The number of aromatic nitrogens is 3. The number of nitrogens with zero attached hydrogens (tertiary/aromatic N) is 4. The molecule has 0 bridgehead atoms. The molecule has 1 aliphatic rings. The Hall–Kier alpha value is -1.85. The van der Waals surface area contributed by atoms with E-state index in [1.54, 1.807) is 11.3 Å². The van der Waals surface area contributed by atoms with Crippen molar-refractivity contribution in [2.45, 2.75) is 77.4 Å². The van der Waals surface area contributed by atoms with E-state index in [0.717, 1.165) is 55.2 Å². The Morgan fingerprint density at radius 1 is 1.41 bits per heavy atom. The first-order chi connectivity index (χ1) is 14.0. The lowest BCUT2D eigenvalue weighted by molar-refractivity contribution is -0.113. The van der Waals surface area contributed by atoms with Crippen LogP contribution in [-0.2, 0) is 24.2 Å². The van der Waals surface area contributed by atoms with Crippen LogP contribution in [0.25, 0.3) is 0 Å². The van der Waals surface area contributed by atoms with Crippen LogP contribution in [0.1, 0.15) is 74.7 Å². The van der Waals surface area contributed by atoms with Crippen LogP contribution in [0.2, 0.25) is 0 Å². The summed E-state index contributed by atoms with van der Waals surface area (Å²) in [4.78, 5) is 13.9. The summed E-state index contributed by atoms with van der Waals surface area (Å²) in [5, 5.41) is 22.7. The highest BCUT2D eigenvalue weighted by atomic mass is 32.2. The second-order valence-corrected chi connectivity index (χ2v) is 9.87. The van der Waals surface area contributed by atoms with Gasteiger partial charge in [-0.1, -0.05) is 45.9 Å². The van der Waals surface area contributed by atoms with Gasteiger partial charge < -0.3 is 9.88 Å². The maximum absolute atomic E-state index is 12.6. The summed E-state index contributed by atoms with van der Waals surface area (Å²) in [5.74, 6) is 2.09. The monoisotopic (exact) mass is 431 g/mol. The molecular weight excluding hydrogens is 402 g/mol. The van der Waals surface area contributed by atoms with Gasteiger partial charge in [0, 0.05) is 17.3 Å². The number of hydrogen-bond donors (Lipinski definition) is 1. The van der Waals surface area contributed by atoms with Crippen molar-refractivity contribution in [2.24, 2.45) is 5.92 Å². The number of amides is 1. The lowest BCUT2D eigenvalue weighted by Gasteiger charge is -2.20. The summed E-state index contributed by atoms with van der Waals surface area (Å²) in [6.07, 6.45) is 5.24. The molecule has 3 rings (SSSR count). The largest absolute Gasteiger partial charge is 0.316 e. The van der Waals surface area contributed by atoms with Gasteiger partial charge in [-0.2, -0.15) is 5.26 Å². The normalized spacial score (nSPS) is 15.9. The number of anilines is 1. The van der Waals surface area contributed by atoms with E-state index in [1.165, 1.54) is 16.6 Å². The SMILES string of the molecule is CCCn1c(SCC(=O)Nc2sc3c(c2C#N)CCC(CC)C3)nnc1C(C)C. The molecule has 0 aliphatic heterocycles. The predicted octanol–water partition coefficient (Wildman–Crippen LogP) is 4.99. The van der Waals surface area contributed by atoms with Crippen LogP contribution in [0.15, 0.2) is 5.16 Å². The lowest BCUT2D eigenvalue weighted by atomic mass is 9.86. The highest BCUT2D eigenvalue weighted by Gasteiger charge is 2.26. The minimum atomic E-state index is -0.103. The van der Waals surface area contributed by atoms with Gasteiger partial charge >= 0.3 is 0 Å². The molecule has 0 aromatic carbocycles. The van der Waals surface area contributed by atoms with Crippen LogP contribution in [0.4, 0.5) is 5.00 Å². The van der Waals surface area contributed by atoms with Gasteiger partial charge in [-0.3, -0.25) is 4.79 Å². The Kier molecular flexibility index (Phi) is 7.36. The van der Waals surface area contributed by atoms with Crippen LogP contribution in [0.3, 0.4) is 0 Å². The third kappa shape index (κ3) is 4.84. The molecule has 2 aromatic rings. The molecule has 2 heterocycles. The summed E-state index contributed by atoms with van der Waals surface area (Å²) >= 11 is 2.98. The van der Waals surface area contributed by atoms with Crippen LogP contribution in [0.5, 0.6) is 0 Å². The molecule has 2 aromatic heterocycles. The number of thiophene rings is 1. The molecule has 1 atom stereocenters. The zero-order valence-corrected chi connectivity index (χ0v) is 19.3. The van der Waals surface area contributed by atoms with Crippen molar-refractivity contribution in [3.8, 4) is 6.07 Å². The molecule has 1 aliphatic carbocycles. The second kappa shape index (κ2) is 9.77. The molecule has 6 nitrogen and oxygen atoms in total. The van der Waals surface area contributed by atoms with E-state index in [-0.39, 0.29) is 11.7 Å². The fourth-order valence-electron chi connectivity index (χ4n) is 3.77. The molecule has 0 fully saturated rings. The Bertz CT molecular complexity index is 909. The van der Waals surface area contributed by atoms with E-state index < -0.39 is 0 Å². The van der Waals surface area contributed by atoms with E-state index in [2.05, 4.69) is 53.8 Å². The summed E-state index contributed by atoms with van der Waals surface area (Å²) in [6.45, 7) is 9.39. The minimum absolute atomic E-state index is 0.103. The van der Waals surface area contributed by atoms with Crippen molar-refractivity contribution in [3.63, 3.8) is 0 Å². The molecular formula is C21H29N5OS2. The predicted molar refractivity (Wildman–Crippen MR) is 119 cm³/mol. The van der Waals surface area contributed by atoms with Gasteiger partial charge in [0.25, 0.3) is 0 Å². The molecule has 8 heteroatoms. The minimum Gasteiger partial charge on any atom is -0.316 e. The first kappa shape index (κ1) is 21.8. The maximum Gasteiger partial charge on any atom is 0.235 e. The van der Waals surface area contributed by atoms with Crippen molar-refractivity contribution < 1.29 is 4.79 Å². The Morgan fingerprint density at radius 3 is 2.86 bits per heavy atom. The highest BCUT2D eigenvalue weighted by molar-refractivity contribution is 7.99. The molecule has 156 valence electrons. The van der Waals surface area contributed by atoms with Gasteiger partial charge in [0.2, 0.25) is 5.91 Å². The molecule has 0 saturated carbocycles. The zero-order chi connectivity index (χ0) is 21.0. The molecule has 1 unspecified atom stereocenters. The van der Waals surface area contributed by atoms with E-state index in [1.807, 2.05) is 0 Å². The van der Waals surface area contributed by atoms with Gasteiger partial charge in [-0.15, -0.1) is 21.5 Å². The zero-order valence-electron chi connectivity index (χ0n) is 17.6. The number of nitriles is 1. The molecule has 1 N–H and O–H groups in total. The number of carbonyl (C=O) groups is 1. The summed E-state index contributed by atoms with van der Waals surface area (Å²) in [6, 6.07) is 2.32. The van der Waals surface area contributed by atoms with E-state index >= 15 is 0 Å². The number of rotatable bonds is 8. The number of thioether (sulfide) groups is 1. The van der Waals surface area contributed by atoms with E-state index in [0.29, 0.717) is 22.4 Å². The van der Waals surface area contributed by atoms with Gasteiger partial charge in [-0.25, -0.2) is 0 Å². The second-order valence-electron chi connectivity index (χ2n) is 7.82. The van der Waals surface area contributed by atoms with E-state index in [4.69, 9.17) is 0 Å². The van der Waals surface area contributed by atoms with Crippen LogP contribution < -0.4 is 5.32 Å². The Balaban J connectivity index is 1.68. The van der Waals surface area contributed by atoms with Crippen molar-refractivity contribution in [3.05, 3.63) is 21.8 Å². The smallest absolute Gasteiger partial charge is 0.235 e. The lowest BCUT2D eigenvalue weighted by Crippen LogP contribution is -2.15. The number of hydrogen-bond acceptors (Lipinski definition) is 6. The third-order valence-corrected chi connectivity index (χ3v) is 7.49. The average Bonchev–Trinajstić information content (AvgIpc) is 3.26. The first-order valence-corrected chi connectivity index (χ1v) is 12.2. The van der Waals surface area contributed by atoms with Crippen molar-refractivity contribution >= 4 is 34.0 Å². The van der Waals surface area contributed by atoms with Crippen molar-refractivity contribution in [1.82, 2.24) is 14.8 Å². The molecule has 1 amide bonds. The standard InChI is InChI=1S/C21H29N5OS2/c1-5-9-26-19(13(3)4)24-25-21(26)28-12-18(27)23-20-16(11-22)15-8-7-14(6-2)10-17(15)29-20/h13-14H,5-10,12H2,1-4H3,(H,23,27). The van der Waals surface area contributed by atoms with Crippen molar-refractivity contribution in [1.29, 1.82) is 5.26 Å². The topological polar surface area (TPSA) is 83.6 Å². The maximum atomic E-state index is 12.6. The highest BCUT2D eigenvalue weighted by Crippen LogP contribution is 2.40. The van der Waals surface area contributed by atoms with E-state index in [9.17, 15) is 10.1 Å². The number of fused-ring (bicyclic) bond motifs is 1. The summed E-state index contributed by atoms with van der Waals surface area (Å²) < 4.78 is 2.11. The first-order valence-electron chi connectivity index (χ1n) is 10.4. The van der Waals surface area contributed by atoms with Gasteiger partial charge in [0.1, 0.15) is 16.9 Å². The molecule has 29 heavy (non-hydrogen) atoms. The average molecular weight is 432 g/mol. The van der Waals surface area contributed by atoms with Crippen LogP contribution in [0, 0.1) is 17.2 Å². The number of carbonyl (C=O) groups excluding carboxylic acids is 1. The molecule has 0 radical (unpaired) electrons. The fraction of sp³-hybridized carbons (Fsp3) is 0.619. The van der Waals surface area contributed by atoms with Crippen molar-refractivity contribution in [2.75, 3.05) is 11.1 Å². The Labute approximate surface area is 181 Å². The van der Waals surface area contributed by atoms with Crippen LogP contribution >= 0.6 is 23.1 Å². The Morgan fingerprint density at radius 2 is 2.21 bits per heavy atom. The summed E-state index contributed by atoms with van der Waals surface area (Å²) in [5.41, 5.74) is 1.81.